The molecule has 1 fully saturated rings. The molecule has 2 aromatic carbocycles. The van der Waals surface area contributed by atoms with Crippen LogP contribution in [0, 0.1) is 0 Å². The molecule has 108 valence electrons. The Balaban J connectivity index is 2.01. The number of methoxy groups -OCH3 is 1. The molecule has 0 bridgehead atoms. The van der Waals surface area contributed by atoms with Crippen molar-refractivity contribution in [3.05, 3.63) is 36.4 Å². The lowest BCUT2D eigenvalue weighted by molar-refractivity contribution is 0.0522. The van der Waals surface area contributed by atoms with Gasteiger partial charge in [0.2, 0.25) is 0 Å². The normalized spacial score (nSPS) is 17.4. The molecular formula is C17H22O2S. The number of hydrogen-bond acceptors (Lipinski definition) is 2. The molecule has 0 aromatic heterocycles. The van der Waals surface area contributed by atoms with Gasteiger partial charge >= 0.3 is 0 Å². The van der Waals surface area contributed by atoms with Crippen molar-refractivity contribution in [2.45, 2.75) is 24.2 Å². The molecule has 0 atom stereocenters. The first-order valence-corrected chi connectivity index (χ1v) is 9.00. The van der Waals surface area contributed by atoms with E-state index in [2.05, 4.69) is 36.4 Å². The average Bonchev–Trinajstić information content (AvgIpc) is 2.53. The SMILES string of the molecule is COCOc1ccc([SH]2CCCCC2)c2ccccc12. The lowest BCUT2D eigenvalue weighted by Crippen LogP contribution is -2.04. The van der Waals surface area contributed by atoms with Crippen molar-refractivity contribution in [3.8, 4) is 5.75 Å². The fraction of sp³-hybridized carbons (Fsp3) is 0.412. The number of benzene rings is 2. The summed E-state index contributed by atoms with van der Waals surface area (Å²) in [7, 11) is 1.68. The van der Waals surface area contributed by atoms with Crippen molar-refractivity contribution < 1.29 is 9.47 Å². The van der Waals surface area contributed by atoms with Gasteiger partial charge in [0, 0.05) is 12.5 Å². The van der Waals surface area contributed by atoms with Crippen LogP contribution in [-0.2, 0) is 4.74 Å². The van der Waals surface area contributed by atoms with E-state index in [4.69, 9.17) is 9.47 Å². The van der Waals surface area contributed by atoms with Gasteiger partial charge in [-0.05, 0) is 46.8 Å². The monoisotopic (exact) mass is 290 g/mol. The number of thiol groups is 1. The van der Waals surface area contributed by atoms with Crippen molar-refractivity contribution in [2.24, 2.45) is 0 Å². The van der Waals surface area contributed by atoms with Crippen LogP contribution in [0.25, 0.3) is 10.8 Å². The maximum absolute atomic E-state index is 5.70. The number of ether oxygens (including phenoxy) is 2. The van der Waals surface area contributed by atoms with Gasteiger partial charge in [0.1, 0.15) is 5.75 Å². The van der Waals surface area contributed by atoms with Crippen LogP contribution in [0.3, 0.4) is 0 Å². The van der Waals surface area contributed by atoms with Crippen molar-refractivity contribution in [3.63, 3.8) is 0 Å². The summed E-state index contributed by atoms with van der Waals surface area (Å²) in [6.07, 6.45) is 4.19. The lowest BCUT2D eigenvalue weighted by atomic mass is 10.1. The van der Waals surface area contributed by atoms with Gasteiger partial charge in [-0.2, -0.15) is 0 Å². The van der Waals surface area contributed by atoms with Gasteiger partial charge in [-0.15, -0.1) is 0 Å². The van der Waals surface area contributed by atoms with E-state index in [1.165, 1.54) is 41.5 Å². The molecule has 0 amide bonds. The molecular weight excluding hydrogens is 268 g/mol. The largest absolute Gasteiger partial charge is 0.467 e. The molecule has 1 saturated heterocycles. The first-order chi connectivity index (χ1) is 9.90. The molecule has 2 nitrogen and oxygen atoms in total. The summed E-state index contributed by atoms with van der Waals surface area (Å²) in [5, 5.41) is 2.59. The summed E-state index contributed by atoms with van der Waals surface area (Å²) in [6.45, 7) is 0.304. The third-order valence-corrected chi connectivity index (χ3v) is 6.67. The maximum atomic E-state index is 5.70. The van der Waals surface area contributed by atoms with E-state index in [0.717, 1.165) is 5.75 Å². The predicted molar refractivity (Wildman–Crippen MR) is 87.3 cm³/mol. The van der Waals surface area contributed by atoms with Crippen molar-refractivity contribution in [1.29, 1.82) is 0 Å². The smallest absolute Gasteiger partial charge is 0.188 e. The minimum absolute atomic E-state index is 0.0213. The maximum Gasteiger partial charge on any atom is 0.188 e. The second-order valence-corrected chi connectivity index (χ2v) is 7.68. The third-order valence-electron chi connectivity index (χ3n) is 3.89. The molecule has 2 aromatic rings. The van der Waals surface area contributed by atoms with Crippen LogP contribution in [0.1, 0.15) is 19.3 Å². The van der Waals surface area contributed by atoms with Gasteiger partial charge < -0.3 is 9.47 Å². The molecule has 3 rings (SSSR count). The molecule has 1 heterocycles. The zero-order chi connectivity index (χ0) is 13.8. The summed E-state index contributed by atoms with van der Waals surface area (Å²) in [6, 6.07) is 13.0. The summed E-state index contributed by atoms with van der Waals surface area (Å²) < 4.78 is 10.7. The first kappa shape index (κ1) is 13.8. The van der Waals surface area contributed by atoms with E-state index >= 15 is 0 Å². The minimum Gasteiger partial charge on any atom is -0.467 e. The lowest BCUT2D eigenvalue weighted by Gasteiger charge is -2.28. The molecule has 0 saturated carbocycles. The fourth-order valence-corrected chi connectivity index (χ4v) is 5.65. The molecule has 0 spiro atoms. The second kappa shape index (κ2) is 6.51. The number of fused-ring (bicyclic) bond motifs is 1. The van der Waals surface area contributed by atoms with Gasteiger partial charge in [0.25, 0.3) is 0 Å². The Morgan fingerprint density at radius 1 is 0.950 bits per heavy atom. The van der Waals surface area contributed by atoms with E-state index in [0.29, 0.717) is 6.79 Å². The van der Waals surface area contributed by atoms with Crippen LogP contribution in [0.4, 0.5) is 0 Å². The van der Waals surface area contributed by atoms with Gasteiger partial charge in [0.05, 0.1) is 0 Å². The number of hydrogen-bond donors (Lipinski definition) is 1. The summed E-state index contributed by atoms with van der Waals surface area (Å²) in [5.74, 6) is 3.70. The van der Waals surface area contributed by atoms with Gasteiger partial charge in [-0.25, -0.2) is 10.9 Å². The highest BCUT2D eigenvalue weighted by Gasteiger charge is 2.15. The van der Waals surface area contributed by atoms with Crippen molar-refractivity contribution in [1.82, 2.24) is 0 Å². The Labute approximate surface area is 123 Å². The predicted octanol–water partition coefficient (Wildman–Crippen LogP) is 4.37. The zero-order valence-corrected chi connectivity index (χ0v) is 12.9. The Morgan fingerprint density at radius 3 is 2.45 bits per heavy atom. The standard InChI is InChI=1S/C17H22O2S/c1-18-13-19-16-9-10-17(20-11-5-2-6-12-20)15-8-4-3-7-14(15)16/h3-4,7-10,20H,2,5-6,11-13H2,1H3. The average molecular weight is 290 g/mol. The Hall–Kier alpha value is -1.19. The highest BCUT2D eigenvalue weighted by molar-refractivity contribution is 8.17. The highest BCUT2D eigenvalue weighted by atomic mass is 32.2. The van der Waals surface area contributed by atoms with E-state index in [-0.39, 0.29) is 10.9 Å². The first-order valence-electron chi connectivity index (χ1n) is 7.28. The molecule has 0 aliphatic carbocycles. The van der Waals surface area contributed by atoms with Crippen LogP contribution in [-0.4, -0.2) is 25.4 Å². The molecule has 1 aliphatic heterocycles. The van der Waals surface area contributed by atoms with Crippen molar-refractivity contribution >= 4 is 21.7 Å². The molecule has 0 unspecified atom stereocenters. The van der Waals surface area contributed by atoms with Crippen LogP contribution < -0.4 is 4.74 Å². The molecule has 0 N–H and O–H groups in total. The topological polar surface area (TPSA) is 18.5 Å². The highest BCUT2D eigenvalue weighted by Crippen LogP contribution is 2.46. The van der Waals surface area contributed by atoms with E-state index in [1.54, 1.807) is 12.0 Å². The van der Waals surface area contributed by atoms with Crippen LogP contribution in [0.15, 0.2) is 41.3 Å². The molecule has 20 heavy (non-hydrogen) atoms. The molecule has 0 radical (unpaired) electrons. The second-order valence-electron chi connectivity index (χ2n) is 5.23. The van der Waals surface area contributed by atoms with Gasteiger partial charge in [-0.3, -0.25) is 0 Å². The zero-order valence-electron chi connectivity index (χ0n) is 12.0. The Kier molecular flexibility index (Phi) is 4.48. The third kappa shape index (κ3) is 2.79. The van der Waals surface area contributed by atoms with Crippen LogP contribution >= 0.6 is 10.9 Å². The minimum atomic E-state index is 0.0213. The molecule has 3 heteroatoms. The van der Waals surface area contributed by atoms with Crippen LogP contribution in [0.5, 0.6) is 5.75 Å². The summed E-state index contributed by atoms with van der Waals surface area (Å²) >= 11 is 0. The Bertz CT molecular complexity index is 576. The fourth-order valence-electron chi connectivity index (χ4n) is 2.91. The summed E-state index contributed by atoms with van der Waals surface area (Å²) in [4.78, 5) is 1.56. The number of rotatable bonds is 4. The summed E-state index contributed by atoms with van der Waals surface area (Å²) in [5.41, 5.74) is 0. The van der Waals surface area contributed by atoms with Crippen molar-refractivity contribution in [2.75, 3.05) is 25.4 Å². The Morgan fingerprint density at radius 2 is 1.70 bits per heavy atom. The van der Waals surface area contributed by atoms with E-state index < -0.39 is 0 Å². The van der Waals surface area contributed by atoms with Gasteiger partial charge in [-0.1, -0.05) is 30.7 Å². The quantitative estimate of drug-likeness (QED) is 0.666. The van der Waals surface area contributed by atoms with Crippen LogP contribution in [0.2, 0.25) is 0 Å². The van der Waals surface area contributed by atoms with E-state index in [1.807, 2.05) is 0 Å². The molecule has 1 aliphatic rings. The van der Waals surface area contributed by atoms with Gasteiger partial charge in [0.15, 0.2) is 6.79 Å². The van der Waals surface area contributed by atoms with E-state index in [9.17, 15) is 0 Å².